The van der Waals surface area contributed by atoms with Gasteiger partial charge in [0.2, 0.25) is 0 Å². The van der Waals surface area contributed by atoms with Crippen LogP contribution in [-0.4, -0.2) is 24.2 Å². The summed E-state index contributed by atoms with van der Waals surface area (Å²) in [6, 6.07) is 14.7. The Labute approximate surface area is 179 Å². The highest BCUT2D eigenvalue weighted by Crippen LogP contribution is 2.35. The minimum absolute atomic E-state index is 0.0662. The first kappa shape index (κ1) is 20.3. The van der Waals surface area contributed by atoms with Crippen molar-refractivity contribution in [2.24, 2.45) is 7.05 Å². The lowest BCUT2D eigenvalue weighted by Crippen LogP contribution is -2.16. The van der Waals surface area contributed by atoms with Crippen LogP contribution in [0.15, 0.2) is 65.7 Å². The Morgan fingerprint density at radius 1 is 1.07 bits per heavy atom. The third kappa shape index (κ3) is 4.13. The number of pyridine rings is 1. The van der Waals surface area contributed by atoms with Gasteiger partial charge in [0, 0.05) is 58.6 Å². The van der Waals surface area contributed by atoms with Crippen LogP contribution in [0.3, 0.4) is 0 Å². The molecule has 0 amide bonds. The van der Waals surface area contributed by atoms with Gasteiger partial charge in [0.1, 0.15) is 5.52 Å². The van der Waals surface area contributed by atoms with E-state index < -0.39 is 9.84 Å². The van der Waals surface area contributed by atoms with E-state index >= 15 is 0 Å². The SMILES string of the molecule is Cn1cc(-c2cc(CS(C)(=O)=O)ccc2Nc2ccc(Cl)cc2)c2cc[nH]c2c1=O. The number of nitrogens with one attached hydrogen (secondary N) is 2. The molecule has 6 nitrogen and oxygen atoms in total. The number of hydrogen-bond donors (Lipinski definition) is 2. The number of aromatic nitrogens is 2. The van der Waals surface area contributed by atoms with Crippen molar-refractivity contribution in [1.82, 2.24) is 9.55 Å². The molecule has 2 aromatic carbocycles. The second-order valence-corrected chi connectivity index (χ2v) is 9.88. The minimum Gasteiger partial charge on any atom is -0.357 e. The highest BCUT2D eigenvalue weighted by atomic mass is 35.5. The number of fused-ring (bicyclic) bond motifs is 1. The fraction of sp³-hybridized carbons (Fsp3) is 0.136. The number of anilines is 2. The summed E-state index contributed by atoms with van der Waals surface area (Å²) in [4.78, 5) is 15.5. The van der Waals surface area contributed by atoms with Crippen LogP contribution in [-0.2, 0) is 22.6 Å². The maximum atomic E-state index is 12.5. The normalized spacial score (nSPS) is 11.7. The summed E-state index contributed by atoms with van der Waals surface area (Å²) in [5.74, 6) is -0.0662. The zero-order valence-electron chi connectivity index (χ0n) is 16.4. The number of aromatic amines is 1. The van der Waals surface area contributed by atoms with Crippen molar-refractivity contribution in [2.45, 2.75) is 5.75 Å². The van der Waals surface area contributed by atoms with Gasteiger partial charge < -0.3 is 14.9 Å². The molecule has 0 atom stereocenters. The van der Waals surface area contributed by atoms with Crippen molar-refractivity contribution in [3.8, 4) is 11.1 Å². The van der Waals surface area contributed by atoms with Gasteiger partial charge in [0.05, 0.1) is 5.75 Å². The monoisotopic (exact) mass is 441 g/mol. The number of H-pyrrole nitrogens is 1. The van der Waals surface area contributed by atoms with Crippen molar-refractivity contribution in [1.29, 1.82) is 0 Å². The zero-order chi connectivity index (χ0) is 21.5. The smallest absolute Gasteiger partial charge is 0.274 e. The molecule has 2 aromatic heterocycles. The third-order valence-electron chi connectivity index (χ3n) is 4.82. The van der Waals surface area contributed by atoms with Gasteiger partial charge in [-0.25, -0.2) is 8.42 Å². The van der Waals surface area contributed by atoms with Gasteiger partial charge in [-0.05, 0) is 48.0 Å². The molecule has 0 radical (unpaired) electrons. The first-order valence-corrected chi connectivity index (χ1v) is 11.7. The average Bonchev–Trinajstić information content (AvgIpc) is 3.17. The Bertz CT molecular complexity index is 1400. The largest absolute Gasteiger partial charge is 0.357 e. The van der Waals surface area contributed by atoms with E-state index in [0.717, 1.165) is 27.9 Å². The quantitative estimate of drug-likeness (QED) is 0.478. The molecule has 8 heteroatoms. The third-order valence-corrected chi connectivity index (χ3v) is 5.93. The zero-order valence-corrected chi connectivity index (χ0v) is 18.0. The fourth-order valence-corrected chi connectivity index (χ4v) is 4.40. The van der Waals surface area contributed by atoms with Crippen LogP contribution in [0, 0.1) is 0 Å². The molecular formula is C22H20ClN3O3S. The summed E-state index contributed by atoms with van der Waals surface area (Å²) in [5, 5.41) is 4.78. The van der Waals surface area contributed by atoms with Gasteiger partial charge in [0.15, 0.2) is 9.84 Å². The van der Waals surface area contributed by atoms with E-state index in [1.54, 1.807) is 37.6 Å². The molecule has 0 fully saturated rings. The molecule has 0 saturated carbocycles. The molecule has 0 saturated heterocycles. The van der Waals surface area contributed by atoms with Crippen molar-refractivity contribution in [2.75, 3.05) is 11.6 Å². The molecule has 0 spiro atoms. The molecule has 4 rings (SSSR count). The Kier molecular flexibility index (Phi) is 5.17. The molecule has 4 aromatic rings. The van der Waals surface area contributed by atoms with Gasteiger partial charge in [-0.3, -0.25) is 4.79 Å². The highest BCUT2D eigenvalue weighted by Gasteiger charge is 2.15. The van der Waals surface area contributed by atoms with Crippen LogP contribution < -0.4 is 10.9 Å². The van der Waals surface area contributed by atoms with E-state index in [0.29, 0.717) is 16.1 Å². The first-order chi connectivity index (χ1) is 14.2. The van der Waals surface area contributed by atoms with Gasteiger partial charge in [0.25, 0.3) is 5.56 Å². The second-order valence-electron chi connectivity index (χ2n) is 7.31. The average molecular weight is 442 g/mol. The van der Waals surface area contributed by atoms with Crippen molar-refractivity contribution >= 4 is 43.7 Å². The summed E-state index contributed by atoms with van der Waals surface area (Å²) < 4.78 is 25.2. The number of sulfone groups is 1. The molecule has 2 heterocycles. The predicted molar refractivity (Wildman–Crippen MR) is 122 cm³/mol. The van der Waals surface area contributed by atoms with E-state index in [4.69, 9.17) is 11.6 Å². The lowest BCUT2D eigenvalue weighted by molar-refractivity contribution is 0.601. The lowest BCUT2D eigenvalue weighted by atomic mass is 9.99. The molecule has 0 aliphatic rings. The van der Waals surface area contributed by atoms with Crippen LogP contribution in [0.4, 0.5) is 11.4 Å². The highest BCUT2D eigenvalue weighted by molar-refractivity contribution is 7.89. The summed E-state index contributed by atoms with van der Waals surface area (Å²) in [6.07, 6.45) is 4.70. The topological polar surface area (TPSA) is 84.0 Å². The van der Waals surface area contributed by atoms with E-state index in [9.17, 15) is 13.2 Å². The van der Waals surface area contributed by atoms with Crippen molar-refractivity contribution in [3.05, 3.63) is 81.9 Å². The Balaban J connectivity index is 1.92. The second kappa shape index (κ2) is 7.66. The Morgan fingerprint density at radius 2 is 1.80 bits per heavy atom. The number of benzene rings is 2. The Morgan fingerprint density at radius 3 is 2.50 bits per heavy atom. The molecule has 2 N–H and O–H groups in total. The molecule has 154 valence electrons. The van der Waals surface area contributed by atoms with E-state index in [1.165, 1.54) is 10.8 Å². The summed E-state index contributed by atoms with van der Waals surface area (Å²) >= 11 is 5.99. The number of halogens is 1. The fourth-order valence-electron chi connectivity index (χ4n) is 3.49. The summed E-state index contributed by atoms with van der Waals surface area (Å²) in [5.41, 5.74) is 4.29. The maximum Gasteiger partial charge on any atom is 0.274 e. The molecule has 0 aliphatic carbocycles. The van der Waals surface area contributed by atoms with Gasteiger partial charge >= 0.3 is 0 Å². The summed E-state index contributed by atoms with van der Waals surface area (Å²) in [7, 11) is -1.50. The lowest BCUT2D eigenvalue weighted by Gasteiger charge is -2.16. The summed E-state index contributed by atoms with van der Waals surface area (Å²) in [6.45, 7) is 0. The van der Waals surface area contributed by atoms with Crippen LogP contribution in [0.2, 0.25) is 5.02 Å². The van der Waals surface area contributed by atoms with Crippen LogP contribution >= 0.6 is 11.6 Å². The Hall–Kier alpha value is -3.03. The molecule has 0 aliphatic heterocycles. The number of nitrogens with zero attached hydrogens (tertiary/aromatic N) is 1. The van der Waals surface area contributed by atoms with E-state index in [-0.39, 0.29) is 11.3 Å². The predicted octanol–water partition coefficient (Wildman–Crippen LogP) is 4.48. The van der Waals surface area contributed by atoms with E-state index in [2.05, 4.69) is 10.3 Å². The number of aryl methyl sites for hydroxylation is 1. The number of rotatable bonds is 5. The van der Waals surface area contributed by atoms with Gasteiger partial charge in [-0.2, -0.15) is 0 Å². The standard InChI is InChI=1S/C22H20ClN3O3S/c1-26-12-19(17-9-10-24-21(17)22(26)27)18-11-14(13-30(2,28)29)3-8-20(18)25-16-6-4-15(23)5-7-16/h3-12,24-25H,13H2,1-2H3. The van der Waals surface area contributed by atoms with E-state index in [1.807, 2.05) is 30.3 Å². The first-order valence-electron chi connectivity index (χ1n) is 9.21. The van der Waals surface area contributed by atoms with Gasteiger partial charge in [-0.1, -0.05) is 17.7 Å². The molecule has 0 bridgehead atoms. The van der Waals surface area contributed by atoms with Crippen LogP contribution in [0.25, 0.3) is 22.0 Å². The van der Waals surface area contributed by atoms with Crippen LogP contribution in [0.5, 0.6) is 0 Å². The molecule has 30 heavy (non-hydrogen) atoms. The van der Waals surface area contributed by atoms with Gasteiger partial charge in [-0.15, -0.1) is 0 Å². The number of hydrogen-bond acceptors (Lipinski definition) is 4. The van der Waals surface area contributed by atoms with Crippen LogP contribution in [0.1, 0.15) is 5.56 Å². The van der Waals surface area contributed by atoms with Crippen molar-refractivity contribution in [3.63, 3.8) is 0 Å². The maximum absolute atomic E-state index is 12.5. The minimum atomic E-state index is -3.20. The molecule has 0 unspecified atom stereocenters. The molecular weight excluding hydrogens is 422 g/mol. The van der Waals surface area contributed by atoms with Crippen molar-refractivity contribution < 1.29 is 8.42 Å².